The summed E-state index contributed by atoms with van der Waals surface area (Å²) in [6, 6.07) is 15.6. The van der Waals surface area contributed by atoms with Gasteiger partial charge in [0.2, 0.25) is 0 Å². The highest BCUT2D eigenvalue weighted by atomic mass is 32.1. The fourth-order valence-electron chi connectivity index (χ4n) is 4.18. The van der Waals surface area contributed by atoms with Crippen LogP contribution in [0.4, 0.5) is 13.2 Å². The first-order chi connectivity index (χ1) is 17.7. The number of aliphatic imine (C=N–C) groups is 1. The van der Waals surface area contributed by atoms with Crippen LogP contribution >= 0.6 is 12.2 Å². The minimum Gasteiger partial charge on any atom is -0.406 e. The molecule has 0 spiro atoms. The summed E-state index contributed by atoms with van der Waals surface area (Å²) in [5.74, 6) is 0.504. The molecule has 3 aromatic carbocycles. The van der Waals surface area contributed by atoms with E-state index in [2.05, 4.69) is 19.9 Å². The third kappa shape index (κ3) is 5.39. The number of benzene rings is 3. The molecule has 0 saturated carbocycles. The number of fused-ring (bicyclic) bond motifs is 3. The van der Waals surface area contributed by atoms with Gasteiger partial charge in [0.1, 0.15) is 17.8 Å². The number of aromatic nitrogens is 3. The van der Waals surface area contributed by atoms with Crippen LogP contribution in [0.2, 0.25) is 0 Å². The molecule has 0 atom stereocenters. The zero-order valence-corrected chi connectivity index (χ0v) is 20.7. The second-order valence-corrected chi connectivity index (χ2v) is 9.14. The van der Waals surface area contributed by atoms with Crippen molar-refractivity contribution in [2.45, 2.75) is 26.6 Å². The van der Waals surface area contributed by atoms with Crippen LogP contribution in [0.25, 0.3) is 27.5 Å². The molecule has 37 heavy (non-hydrogen) atoms. The zero-order valence-electron chi connectivity index (χ0n) is 19.9. The number of aryl methyl sites for hydroxylation is 2. The monoisotopic (exact) mass is 522 g/mol. The number of thiocarbonyl (C=S) groups is 1. The third-order valence-electron chi connectivity index (χ3n) is 5.97. The molecule has 2 aromatic heterocycles. The predicted octanol–water partition coefficient (Wildman–Crippen LogP) is 6.71. The molecule has 2 heterocycles. The molecular weight excluding hydrogens is 501 g/mol. The van der Waals surface area contributed by atoms with Crippen LogP contribution in [0.5, 0.6) is 5.75 Å². The van der Waals surface area contributed by atoms with Crippen molar-refractivity contribution >= 4 is 45.1 Å². The summed E-state index contributed by atoms with van der Waals surface area (Å²) in [5, 5.41) is 5.91. The minimum atomic E-state index is -4.73. The summed E-state index contributed by atoms with van der Waals surface area (Å²) in [5.41, 5.74) is 5.10. The molecule has 188 valence electrons. The molecule has 0 aliphatic carbocycles. The van der Waals surface area contributed by atoms with E-state index in [0.29, 0.717) is 18.7 Å². The average Bonchev–Trinajstić information content (AvgIpc) is 3.42. The molecular formula is C27H21F3N4O2S. The first-order valence-electron chi connectivity index (χ1n) is 11.4. The van der Waals surface area contributed by atoms with Gasteiger partial charge < -0.3 is 9.26 Å². The molecule has 5 aromatic rings. The van der Waals surface area contributed by atoms with Crippen molar-refractivity contribution in [3.8, 4) is 11.4 Å². The van der Waals surface area contributed by atoms with E-state index in [0.717, 1.165) is 49.3 Å². The molecule has 6 nitrogen and oxygen atoms in total. The average molecular weight is 523 g/mol. The molecule has 0 radical (unpaired) electrons. The predicted molar refractivity (Wildman–Crippen MR) is 140 cm³/mol. The van der Waals surface area contributed by atoms with Crippen LogP contribution in [-0.4, -0.2) is 38.7 Å². The van der Waals surface area contributed by atoms with E-state index in [1.54, 1.807) is 24.7 Å². The molecule has 0 amide bonds. The molecule has 0 unspecified atom stereocenters. The zero-order chi connectivity index (χ0) is 26.2. The van der Waals surface area contributed by atoms with Gasteiger partial charge in [0.25, 0.3) is 0 Å². The Morgan fingerprint density at radius 2 is 1.89 bits per heavy atom. The van der Waals surface area contributed by atoms with E-state index in [4.69, 9.17) is 16.7 Å². The molecule has 0 aliphatic rings. The fourth-order valence-corrected chi connectivity index (χ4v) is 4.40. The van der Waals surface area contributed by atoms with Crippen molar-refractivity contribution in [1.82, 2.24) is 14.7 Å². The lowest BCUT2D eigenvalue weighted by Crippen LogP contribution is -2.17. The van der Waals surface area contributed by atoms with Gasteiger partial charge in [-0.15, -0.1) is 13.2 Å². The first-order valence-corrected chi connectivity index (χ1v) is 11.8. The summed E-state index contributed by atoms with van der Waals surface area (Å²) < 4.78 is 48.3. The number of hydrogen-bond acceptors (Lipinski definition) is 6. The number of hydrogen-bond donors (Lipinski definition) is 0. The van der Waals surface area contributed by atoms with E-state index >= 15 is 0 Å². The van der Waals surface area contributed by atoms with Crippen molar-refractivity contribution in [2.24, 2.45) is 4.99 Å². The van der Waals surface area contributed by atoms with E-state index in [-0.39, 0.29) is 5.75 Å². The van der Waals surface area contributed by atoms with Gasteiger partial charge in [-0.1, -0.05) is 35.6 Å². The SMILES string of the molecule is Cc1noc(C)c1CC(=S)CN=Cc1ccc2c(ccc3c2ncn3-c2ccc(OC(F)(F)F)cc2)c1. The number of alkyl halides is 3. The summed E-state index contributed by atoms with van der Waals surface area (Å²) in [4.78, 5) is 9.87. The van der Waals surface area contributed by atoms with Crippen LogP contribution in [-0.2, 0) is 6.42 Å². The van der Waals surface area contributed by atoms with Crippen LogP contribution in [0.15, 0.2) is 70.4 Å². The normalized spacial score (nSPS) is 12.1. The third-order valence-corrected chi connectivity index (χ3v) is 6.24. The largest absolute Gasteiger partial charge is 0.573 e. The molecule has 10 heteroatoms. The first kappa shape index (κ1) is 24.6. The lowest BCUT2D eigenvalue weighted by Gasteiger charge is -2.10. The van der Waals surface area contributed by atoms with Gasteiger partial charge in [-0.25, -0.2) is 4.98 Å². The van der Waals surface area contributed by atoms with E-state index in [1.807, 2.05) is 48.7 Å². The second kappa shape index (κ2) is 9.78. The van der Waals surface area contributed by atoms with Gasteiger partial charge in [-0.05, 0) is 61.2 Å². The maximum absolute atomic E-state index is 12.4. The Bertz CT molecular complexity index is 1620. The summed E-state index contributed by atoms with van der Waals surface area (Å²) in [7, 11) is 0. The lowest BCUT2D eigenvalue weighted by atomic mass is 10.1. The number of nitrogens with zero attached hydrogens (tertiary/aromatic N) is 4. The number of halogens is 3. The van der Waals surface area contributed by atoms with E-state index in [9.17, 15) is 13.2 Å². The van der Waals surface area contributed by atoms with Crippen molar-refractivity contribution < 1.29 is 22.4 Å². The van der Waals surface area contributed by atoms with Gasteiger partial charge in [-0.2, -0.15) is 0 Å². The smallest absolute Gasteiger partial charge is 0.406 e. The summed E-state index contributed by atoms with van der Waals surface area (Å²) >= 11 is 5.49. The molecule has 0 aliphatic heterocycles. The Morgan fingerprint density at radius 1 is 1.11 bits per heavy atom. The van der Waals surface area contributed by atoms with E-state index < -0.39 is 6.36 Å². The minimum absolute atomic E-state index is 0.273. The van der Waals surface area contributed by atoms with Gasteiger partial charge >= 0.3 is 6.36 Å². The van der Waals surface area contributed by atoms with Crippen molar-refractivity contribution in [2.75, 3.05) is 6.54 Å². The Hall–Kier alpha value is -4.05. The highest BCUT2D eigenvalue weighted by molar-refractivity contribution is 7.80. The van der Waals surface area contributed by atoms with Gasteiger partial charge in [-0.3, -0.25) is 9.56 Å². The van der Waals surface area contributed by atoms with Crippen molar-refractivity contribution in [1.29, 1.82) is 0 Å². The molecule has 0 bridgehead atoms. The Balaban J connectivity index is 1.33. The number of ether oxygens (including phenoxy) is 1. The Kier molecular flexibility index (Phi) is 6.51. The van der Waals surface area contributed by atoms with Crippen LogP contribution in [0, 0.1) is 13.8 Å². The maximum Gasteiger partial charge on any atom is 0.573 e. The number of imidazole rings is 1. The van der Waals surface area contributed by atoms with Crippen LogP contribution in [0.1, 0.15) is 22.6 Å². The highest BCUT2D eigenvalue weighted by Crippen LogP contribution is 2.29. The topological polar surface area (TPSA) is 65.4 Å². The van der Waals surface area contributed by atoms with Crippen LogP contribution < -0.4 is 4.74 Å². The van der Waals surface area contributed by atoms with E-state index in [1.165, 1.54) is 12.1 Å². The van der Waals surface area contributed by atoms with Gasteiger partial charge in [0, 0.05) is 34.1 Å². The van der Waals surface area contributed by atoms with Crippen molar-refractivity contribution in [3.05, 3.63) is 83.5 Å². The Morgan fingerprint density at radius 3 is 2.59 bits per heavy atom. The summed E-state index contributed by atoms with van der Waals surface area (Å²) in [6.45, 7) is 4.20. The maximum atomic E-state index is 12.4. The van der Waals surface area contributed by atoms with Gasteiger partial charge in [0.15, 0.2) is 0 Å². The molecule has 5 rings (SSSR count). The fraction of sp³-hybridized carbons (Fsp3) is 0.185. The quantitative estimate of drug-likeness (QED) is 0.176. The molecule has 0 fully saturated rings. The number of rotatable bonds is 7. The summed E-state index contributed by atoms with van der Waals surface area (Å²) in [6.07, 6.45) is -0.677. The second-order valence-electron chi connectivity index (χ2n) is 8.56. The molecule has 0 N–H and O–H groups in total. The standard InChI is InChI=1S/C27H21F3N4O2S/c1-16-24(17(2)36-33-16)12-22(37)14-31-13-18-3-9-23-19(11-18)4-10-25-26(23)32-15-34(25)20-5-7-21(8-6-20)35-27(28,29)30/h3-11,13,15H,12,14H2,1-2H3. The highest BCUT2D eigenvalue weighted by Gasteiger charge is 2.31. The Labute approximate surface area is 215 Å². The lowest BCUT2D eigenvalue weighted by molar-refractivity contribution is -0.274. The van der Waals surface area contributed by atoms with Crippen LogP contribution in [0.3, 0.4) is 0 Å². The van der Waals surface area contributed by atoms with Crippen molar-refractivity contribution in [3.63, 3.8) is 0 Å². The molecule has 0 saturated heterocycles. The van der Waals surface area contributed by atoms with Gasteiger partial charge in [0.05, 0.1) is 23.3 Å².